The predicted molar refractivity (Wildman–Crippen MR) is 98.5 cm³/mol. The van der Waals surface area contributed by atoms with Gasteiger partial charge in [-0.3, -0.25) is 9.20 Å². The lowest BCUT2D eigenvalue weighted by molar-refractivity contribution is 0.0696. The zero-order valence-electron chi connectivity index (χ0n) is 13.6. The second-order valence-corrected chi connectivity index (χ2v) is 5.41. The van der Waals surface area contributed by atoms with Gasteiger partial charge in [0.15, 0.2) is 0 Å². The van der Waals surface area contributed by atoms with Crippen molar-refractivity contribution in [3.05, 3.63) is 87.5 Å². The summed E-state index contributed by atoms with van der Waals surface area (Å²) in [6.07, 6.45) is 8.41. The van der Waals surface area contributed by atoms with Gasteiger partial charge in [0, 0.05) is 6.20 Å². The van der Waals surface area contributed by atoms with Crippen molar-refractivity contribution >= 4 is 29.8 Å². The number of carboxylic acid groups (broad SMARTS) is 1. The Kier molecular flexibility index (Phi) is 4.57. The first kappa shape index (κ1) is 16.4. The van der Waals surface area contributed by atoms with Gasteiger partial charge in [-0.25, -0.2) is 9.78 Å². The molecule has 2 aromatic heterocycles. The highest BCUT2D eigenvalue weighted by molar-refractivity contribution is 5.87. The van der Waals surface area contributed by atoms with Crippen LogP contribution in [-0.2, 0) is 0 Å². The fourth-order valence-corrected chi connectivity index (χ4v) is 2.49. The number of carboxylic acids is 1. The Bertz CT molecular complexity index is 1050. The number of fused-ring (bicyclic) bond motifs is 1. The minimum atomic E-state index is -1.09. The molecule has 3 aromatic rings. The summed E-state index contributed by atoms with van der Waals surface area (Å²) in [5.41, 5.74) is 2.08. The summed E-state index contributed by atoms with van der Waals surface area (Å²) in [6.45, 7) is 1.81. The summed E-state index contributed by atoms with van der Waals surface area (Å²) in [6, 6.07) is 12.7. The number of carbonyl (C=O) groups is 1. The first-order valence-electron chi connectivity index (χ1n) is 7.75. The number of nitrogens with zero attached hydrogens (tertiary/aromatic N) is 2. The minimum Gasteiger partial charge on any atom is -0.478 e. The third-order valence-corrected chi connectivity index (χ3v) is 3.70. The molecule has 0 bridgehead atoms. The predicted octanol–water partition coefficient (Wildman–Crippen LogP) is 3.60. The van der Waals surface area contributed by atoms with E-state index in [4.69, 9.17) is 5.11 Å². The SMILES string of the molecule is C/C=C\c1c(/C=C/c2ccccc2)nc2ccc(C(=O)O)cn2c1=O. The van der Waals surface area contributed by atoms with E-state index in [1.165, 1.54) is 22.7 Å². The number of benzene rings is 1. The van der Waals surface area contributed by atoms with E-state index < -0.39 is 5.97 Å². The molecule has 0 unspecified atom stereocenters. The molecule has 124 valence electrons. The van der Waals surface area contributed by atoms with Crippen LogP contribution in [0.3, 0.4) is 0 Å². The molecule has 0 fully saturated rings. The van der Waals surface area contributed by atoms with Gasteiger partial charge < -0.3 is 5.11 Å². The standard InChI is InChI=1S/C20H16N2O3/c1-2-6-16-17(11-9-14-7-4-3-5-8-14)21-18-12-10-15(20(24)25)13-22(18)19(16)23/h2-13H,1H3,(H,24,25)/b6-2-,11-9+. The van der Waals surface area contributed by atoms with Gasteiger partial charge in [-0.05, 0) is 30.7 Å². The maximum Gasteiger partial charge on any atom is 0.337 e. The van der Waals surface area contributed by atoms with E-state index in [0.717, 1.165) is 5.56 Å². The molecular weight excluding hydrogens is 316 g/mol. The Hall–Kier alpha value is -3.47. The molecule has 0 amide bonds. The maximum absolute atomic E-state index is 12.8. The van der Waals surface area contributed by atoms with Crippen molar-refractivity contribution in [2.24, 2.45) is 0 Å². The van der Waals surface area contributed by atoms with E-state index in [2.05, 4.69) is 4.98 Å². The molecule has 5 nitrogen and oxygen atoms in total. The van der Waals surface area contributed by atoms with Crippen LogP contribution in [0.4, 0.5) is 0 Å². The van der Waals surface area contributed by atoms with Crippen LogP contribution in [0.2, 0.25) is 0 Å². The van der Waals surface area contributed by atoms with E-state index >= 15 is 0 Å². The number of aromatic nitrogens is 2. The number of hydrogen-bond donors (Lipinski definition) is 1. The van der Waals surface area contributed by atoms with Crippen LogP contribution in [0.1, 0.15) is 34.1 Å². The van der Waals surface area contributed by atoms with E-state index in [1.807, 2.05) is 43.3 Å². The molecule has 1 N–H and O–H groups in total. The van der Waals surface area contributed by atoms with Crippen molar-refractivity contribution < 1.29 is 9.90 Å². The third kappa shape index (κ3) is 3.40. The average molecular weight is 332 g/mol. The molecule has 0 aliphatic carbocycles. The van der Waals surface area contributed by atoms with Crippen LogP contribution in [0, 0.1) is 0 Å². The number of rotatable bonds is 4. The van der Waals surface area contributed by atoms with Crippen LogP contribution in [0.15, 0.2) is 59.5 Å². The average Bonchev–Trinajstić information content (AvgIpc) is 2.63. The van der Waals surface area contributed by atoms with Gasteiger partial charge in [-0.15, -0.1) is 0 Å². The summed E-state index contributed by atoms with van der Waals surface area (Å²) >= 11 is 0. The van der Waals surface area contributed by atoms with E-state index in [1.54, 1.807) is 18.2 Å². The molecule has 1 aromatic carbocycles. The Labute approximate surface area is 144 Å². The lowest BCUT2D eigenvalue weighted by Crippen LogP contribution is -2.20. The van der Waals surface area contributed by atoms with Crippen LogP contribution in [-0.4, -0.2) is 20.5 Å². The minimum absolute atomic E-state index is 0.0374. The number of allylic oxidation sites excluding steroid dienone is 1. The lowest BCUT2D eigenvalue weighted by atomic mass is 10.1. The first-order chi connectivity index (χ1) is 12.1. The molecule has 0 saturated carbocycles. The molecule has 0 atom stereocenters. The highest BCUT2D eigenvalue weighted by atomic mass is 16.4. The molecular formula is C20H16N2O3. The number of hydrogen-bond acceptors (Lipinski definition) is 3. The van der Waals surface area contributed by atoms with Gasteiger partial charge in [0.2, 0.25) is 0 Å². The highest BCUT2D eigenvalue weighted by Crippen LogP contribution is 2.13. The number of pyridine rings is 1. The molecule has 0 aliphatic rings. The smallest absolute Gasteiger partial charge is 0.337 e. The van der Waals surface area contributed by atoms with Gasteiger partial charge in [0.05, 0.1) is 16.8 Å². The van der Waals surface area contributed by atoms with Gasteiger partial charge in [-0.2, -0.15) is 0 Å². The molecule has 0 aliphatic heterocycles. The zero-order valence-corrected chi connectivity index (χ0v) is 13.6. The second-order valence-electron chi connectivity index (χ2n) is 5.41. The molecule has 0 spiro atoms. The van der Waals surface area contributed by atoms with Crippen LogP contribution in [0.25, 0.3) is 23.9 Å². The molecule has 2 heterocycles. The van der Waals surface area contributed by atoms with Gasteiger partial charge in [0.25, 0.3) is 5.56 Å². The molecule has 3 rings (SSSR count). The van der Waals surface area contributed by atoms with Crippen molar-refractivity contribution in [3.63, 3.8) is 0 Å². The second kappa shape index (κ2) is 6.97. The lowest BCUT2D eigenvalue weighted by Gasteiger charge is -2.06. The summed E-state index contributed by atoms with van der Waals surface area (Å²) in [4.78, 5) is 28.4. The molecule has 5 heteroatoms. The summed E-state index contributed by atoms with van der Waals surface area (Å²) in [5.74, 6) is -1.09. The largest absolute Gasteiger partial charge is 0.478 e. The van der Waals surface area contributed by atoms with E-state index in [0.29, 0.717) is 16.9 Å². The van der Waals surface area contributed by atoms with Crippen LogP contribution < -0.4 is 5.56 Å². The first-order valence-corrected chi connectivity index (χ1v) is 7.75. The Balaban J connectivity index is 2.19. The topological polar surface area (TPSA) is 71.7 Å². The van der Waals surface area contributed by atoms with Crippen molar-refractivity contribution in [2.45, 2.75) is 6.92 Å². The van der Waals surface area contributed by atoms with Crippen molar-refractivity contribution in [1.29, 1.82) is 0 Å². The van der Waals surface area contributed by atoms with Crippen molar-refractivity contribution in [2.75, 3.05) is 0 Å². The Morgan fingerprint density at radius 2 is 1.84 bits per heavy atom. The molecule has 25 heavy (non-hydrogen) atoms. The van der Waals surface area contributed by atoms with Crippen molar-refractivity contribution in [3.8, 4) is 0 Å². The van der Waals surface area contributed by atoms with Crippen LogP contribution >= 0.6 is 0 Å². The summed E-state index contributed by atoms with van der Waals surface area (Å²) in [7, 11) is 0. The van der Waals surface area contributed by atoms with Gasteiger partial charge >= 0.3 is 5.97 Å². The third-order valence-electron chi connectivity index (χ3n) is 3.70. The quantitative estimate of drug-likeness (QED) is 0.792. The Morgan fingerprint density at radius 1 is 1.08 bits per heavy atom. The maximum atomic E-state index is 12.8. The highest BCUT2D eigenvalue weighted by Gasteiger charge is 2.11. The van der Waals surface area contributed by atoms with Crippen molar-refractivity contribution in [1.82, 2.24) is 9.38 Å². The summed E-state index contributed by atoms with van der Waals surface area (Å²) < 4.78 is 1.26. The zero-order chi connectivity index (χ0) is 17.8. The van der Waals surface area contributed by atoms with E-state index in [9.17, 15) is 9.59 Å². The number of aromatic carboxylic acids is 1. The fourth-order valence-electron chi connectivity index (χ4n) is 2.49. The summed E-state index contributed by atoms with van der Waals surface area (Å²) in [5, 5.41) is 9.11. The van der Waals surface area contributed by atoms with E-state index in [-0.39, 0.29) is 11.1 Å². The normalized spacial score (nSPS) is 11.6. The van der Waals surface area contributed by atoms with Gasteiger partial charge in [0.1, 0.15) is 5.65 Å². The van der Waals surface area contributed by atoms with Crippen LogP contribution in [0.5, 0.6) is 0 Å². The molecule has 0 radical (unpaired) electrons. The molecule has 0 saturated heterocycles. The monoisotopic (exact) mass is 332 g/mol. The Morgan fingerprint density at radius 3 is 2.52 bits per heavy atom. The fraction of sp³-hybridized carbons (Fsp3) is 0.0500. The van der Waals surface area contributed by atoms with Gasteiger partial charge in [-0.1, -0.05) is 48.6 Å².